The van der Waals surface area contributed by atoms with Crippen LogP contribution < -0.4 is 10.5 Å². The lowest BCUT2D eigenvalue weighted by atomic mass is 10.2. The third-order valence-corrected chi connectivity index (χ3v) is 1.91. The molecule has 0 aliphatic carbocycles. The van der Waals surface area contributed by atoms with E-state index >= 15 is 0 Å². The van der Waals surface area contributed by atoms with Crippen LogP contribution in [0.5, 0.6) is 5.75 Å². The highest BCUT2D eigenvalue weighted by atomic mass is 35.5. The van der Waals surface area contributed by atoms with E-state index in [0.29, 0.717) is 0 Å². The molecule has 0 atom stereocenters. The van der Waals surface area contributed by atoms with Crippen molar-refractivity contribution in [1.29, 1.82) is 0 Å². The molecule has 0 saturated carbocycles. The van der Waals surface area contributed by atoms with Gasteiger partial charge in [-0.05, 0) is 24.3 Å². The molecule has 1 rings (SSSR count). The van der Waals surface area contributed by atoms with Crippen molar-refractivity contribution in [1.82, 2.24) is 0 Å². The first-order valence-electron chi connectivity index (χ1n) is 4.78. The zero-order valence-electron chi connectivity index (χ0n) is 9.21. The minimum absolute atomic E-state index is 0. The van der Waals surface area contributed by atoms with E-state index in [4.69, 9.17) is 10.5 Å². The smallest absolute Gasteiger partial charge is 0.416 e. The predicted molar refractivity (Wildman–Crippen MR) is 62.4 cm³/mol. The molecule has 0 aromatic heterocycles. The zero-order valence-corrected chi connectivity index (χ0v) is 10.0. The minimum atomic E-state index is -4.42. The van der Waals surface area contributed by atoms with Crippen molar-refractivity contribution in [2.75, 3.05) is 13.2 Å². The number of alkyl halides is 3. The summed E-state index contributed by atoms with van der Waals surface area (Å²) in [4.78, 5) is 0. The van der Waals surface area contributed by atoms with E-state index in [1.54, 1.807) is 0 Å². The van der Waals surface area contributed by atoms with Crippen molar-refractivity contribution in [3.8, 4) is 5.75 Å². The van der Waals surface area contributed by atoms with Crippen LogP contribution in [-0.2, 0) is 6.18 Å². The van der Waals surface area contributed by atoms with Gasteiger partial charge >= 0.3 is 6.18 Å². The molecule has 0 bridgehead atoms. The Bertz CT molecular complexity index is 406. The molecule has 2 nitrogen and oxygen atoms in total. The average molecular weight is 286 g/mol. The van der Waals surface area contributed by atoms with Crippen LogP contribution in [-0.4, -0.2) is 13.2 Å². The molecule has 7 heteroatoms. The van der Waals surface area contributed by atoms with Crippen LogP contribution >= 0.6 is 12.4 Å². The van der Waals surface area contributed by atoms with Gasteiger partial charge in [0.2, 0.25) is 0 Å². The van der Waals surface area contributed by atoms with Crippen LogP contribution in [0.4, 0.5) is 17.6 Å². The number of hydrogen-bond donors (Lipinski definition) is 1. The normalized spacial score (nSPS) is 11.9. The highest BCUT2D eigenvalue weighted by Gasteiger charge is 2.30. The fourth-order valence-corrected chi connectivity index (χ4v) is 1.07. The van der Waals surface area contributed by atoms with Crippen molar-refractivity contribution >= 4 is 12.4 Å². The summed E-state index contributed by atoms with van der Waals surface area (Å²) in [6, 6.07) is 4.38. The van der Waals surface area contributed by atoms with Gasteiger partial charge in [-0.1, -0.05) is 6.07 Å². The van der Waals surface area contributed by atoms with Gasteiger partial charge < -0.3 is 10.5 Å². The van der Waals surface area contributed by atoms with Crippen molar-refractivity contribution in [2.45, 2.75) is 6.18 Å². The summed E-state index contributed by atoms with van der Waals surface area (Å²) in [5, 5.41) is 0. The average Bonchev–Trinajstić information content (AvgIpc) is 2.28. The van der Waals surface area contributed by atoms with Crippen LogP contribution in [0.2, 0.25) is 0 Å². The molecule has 0 fully saturated rings. The minimum Gasteiger partial charge on any atom is -0.489 e. The Morgan fingerprint density at radius 3 is 2.56 bits per heavy atom. The molecule has 18 heavy (non-hydrogen) atoms. The maximum absolute atomic E-state index is 12.6. The molecular weight excluding hydrogens is 274 g/mol. The molecule has 1 aromatic carbocycles. The Balaban J connectivity index is 0.00000289. The van der Waals surface area contributed by atoms with E-state index in [9.17, 15) is 17.6 Å². The Hall–Kier alpha value is -1.27. The first-order chi connectivity index (χ1) is 7.93. The molecule has 0 spiro atoms. The lowest BCUT2D eigenvalue weighted by Gasteiger charge is -2.09. The SMILES string of the molecule is Cl.NC/C(F)=C\COc1cccc(C(F)(F)F)c1. The van der Waals surface area contributed by atoms with Gasteiger partial charge in [0.15, 0.2) is 0 Å². The topological polar surface area (TPSA) is 35.2 Å². The first-order valence-corrected chi connectivity index (χ1v) is 4.78. The largest absolute Gasteiger partial charge is 0.489 e. The predicted octanol–water partition coefficient (Wildman–Crippen LogP) is 3.32. The van der Waals surface area contributed by atoms with E-state index in [1.807, 2.05) is 0 Å². The summed E-state index contributed by atoms with van der Waals surface area (Å²) in [5.74, 6) is -0.544. The number of halogens is 5. The standard InChI is InChI=1S/C11H11F4NO.ClH/c12-9(7-16)4-5-17-10-3-1-2-8(6-10)11(13,14)15;/h1-4,6H,5,7,16H2;1H/b9-4+;. The lowest BCUT2D eigenvalue weighted by molar-refractivity contribution is -0.137. The van der Waals surface area contributed by atoms with Gasteiger partial charge in [0.05, 0.1) is 5.56 Å². The molecular formula is C11H12ClF4NO. The second-order valence-corrected chi connectivity index (χ2v) is 3.19. The van der Waals surface area contributed by atoms with E-state index < -0.39 is 17.6 Å². The number of rotatable bonds is 4. The van der Waals surface area contributed by atoms with Crippen LogP contribution in [0.25, 0.3) is 0 Å². The molecule has 0 radical (unpaired) electrons. The van der Waals surface area contributed by atoms with E-state index in [-0.39, 0.29) is 31.3 Å². The Morgan fingerprint density at radius 1 is 1.33 bits per heavy atom. The number of ether oxygens (including phenoxy) is 1. The summed E-state index contributed by atoms with van der Waals surface area (Å²) in [7, 11) is 0. The number of nitrogens with two attached hydrogens (primary N) is 1. The monoisotopic (exact) mass is 285 g/mol. The Labute approximate surface area is 108 Å². The first kappa shape index (κ1) is 16.7. The summed E-state index contributed by atoms with van der Waals surface area (Å²) in [6.07, 6.45) is -3.35. The second kappa shape index (κ2) is 7.23. The molecule has 0 heterocycles. The van der Waals surface area contributed by atoms with Crippen LogP contribution in [0, 0.1) is 0 Å². The van der Waals surface area contributed by atoms with Crippen molar-refractivity contribution < 1.29 is 22.3 Å². The highest BCUT2D eigenvalue weighted by Crippen LogP contribution is 2.31. The van der Waals surface area contributed by atoms with Gasteiger partial charge in [0, 0.05) is 6.54 Å². The molecule has 0 aliphatic rings. The van der Waals surface area contributed by atoms with Gasteiger partial charge in [0.1, 0.15) is 18.2 Å². The Morgan fingerprint density at radius 2 is 2.00 bits per heavy atom. The number of benzene rings is 1. The molecule has 0 unspecified atom stereocenters. The maximum Gasteiger partial charge on any atom is 0.416 e. The van der Waals surface area contributed by atoms with Crippen LogP contribution in [0.1, 0.15) is 5.56 Å². The fourth-order valence-electron chi connectivity index (χ4n) is 1.07. The van der Waals surface area contributed by atoms with Crippen molar-refractivity contribution in [3.05, 3.63) is 41.7 Å². The molecule has 0 aliphatic heterocycles. The number of hydrogen-bond acceptors (Lipinski definition) is 2. The third kappa shape index (κ3) is 5.37. The zero-order chi connectivity index (χ0) is 12.9. The third-order valence-electron chi connectivity index (χ3n) is 1.91. The van der Waals surface area contributed by atoms with Gasteiger partial charge in [-0.2, -0.15) is 13.2 Å². The molecule has 1 aromatic rings. The van der Waals surface area contributed by atoms with Gasteiger partial charge in [-0.3, -0.25) is 0 Å². The summed E-state index contributed by atoms with van der Waals surface area (Å²) in [6.45, 7) is -0.420. The molecule has 0 amide bonds. The summed E-state index contributed by atoms with van der Waals surface area (Å²) < 4.78 is 54.5. The molecule has 0 saturated heterocycles. The highest BCUT2D eigenvalue weighted by molar-refractivity contribution is 5.85. The van der Waals surface area contributed by atoms with Gasteiger partial charge in [0.25, 0.3) is 0 Å². The summed E-state index contributed by atoms with van der Waals surface area (Å²) in [5.41, 5.74) is 4.18. The van der Waals surface area contributed by atoms with Crippen molar-refractivity contribution in [2.24, 2.45) is 5.73 Å². The van der Waals surface area contributed by atoms with Gasteiger partial charge in [-0.15, -0.1) is 12.4 Å². The fraction of sp³-hybridized carbons (Fsp3) is 0.273. The quantitative estimate of drug-likeness (QED) is 0.861. The van der Waals surface area contributed by atoms with E-state index in [0.717, 1.165) is 18.2 Å². The Kier molecular flexibility index (Phi) is 6.72. The van der Waals surface area contributed by atoms with E-state index in [1.165, 1.54) is 12.1 Å². The van der Waals surface area contributed by atoms with E-state index in [2.05, 4.69) is 0 Å². The molecule has 102 valence electrons. The summed E-state index contributed by atoms with van der Waals surface area (Å²) >= 11 is 0. The molecule has 2 N–H and O–H groups in total. The lowest BCUT2D eigenvalue weighted by Crippen LogP contribution is -2.05. The van der Waals surface area contributed by atoms with Gasteiger partial charge in [-0.25, -0.2) is 4.39 Å². The van der Waals surface area contributed by atoms with Crippen molar-refractivity contribution in [3.63, 3.8) is 0 Å². The maximum atomic E-state index is 12.6. The van der Waals surface area contributed by atoms with Crippen LogP contribution in [0.15, 0.2) is 36.2 Å². The van der Waals surface area contributed by atoms with Crippen LogP contribution in [0.3, 0.4) is 0 Å². The second-order valence-electron chi connectivity index (χ2n) is 3.19.